The van der Waals surface area contributed by atoms with Crippen molar-refractivity contribution in [3.63, 3.8) is 0 Å². The summed E-state index contributed by atoms with van der Waals surface area (Å²) in [6.07, 6.45) is 1.71. The molecule has 0 radical (unpaired) electrons. The van der Waals surface area contributed by atoms with Gasteiger partial charge in [-0.15, -0.1) is 0 Å². The first kappa shape index (κ1) is 23.0. The van der Waals surface area contributed by atoms with Crippen molar-refractivity contribution in [3.05, 3.63) is 86.4 Å². The molecule has 0 spiro atoms. The molecule has 0 aliphatic carbocycles. The highest BCUT2D eigenvalue weighted by Gasteiger charge is 2.10. The highest BCUT2D eigenvalue weighted by molar-refractivity contribution is 6.42. The Kier molecular flexibility index (Phi) is 7.84. The SMILES string of the molecule is Clc1ccc(-c2n[nH]c(-c3ccccn3)n2)cc1Cl.NNC(=O)c1ccc(Cl)c(Cl)c1. The highest BCUT2D eigenvalue weighted by atomic mass is 35.5. The third kappa shape index (κ3) is 5.94. The monoisotopic (exact) mass is 494 g/mol. The van der Waals surface area contributed by atoms with E-state index in [1.165, 1.54) is 18.2 Å². The van der Waals surface area contributed by atoms with Crippen LogP contribution in [0.3, 0.4) is 0 Å². The van der Waals surface area contributed by atoms with Crippen LogP contribution in [0, 0.1) is 0 Å². The fraction of sp³-hybridized carbons (Fsp3) is 0. The summed E-state index contributed by atoms with van der Waals surface area (Å²) in [5.41, 5.74) is 3.90. The van der Waals surface area contributed by atoms with Crippen LogP contribution in [0.2, 0.25) is 20.1 Å². The standard InChI is InChI=1S/C13H8Cl2N4.C7H6Cl2N2O/c14-9-5-4-8(7-10(9)15)12-17-13(19-18-12)11-3-1-2-6-16-11;8-5-2-1-4(3-6(5)9)7(12)11-10/h1-7H,(H,17,18,19);1-3H,10H2,(H,11,12). The fourth-order valence-corrected chi connectivity index (χ4v) is 2.96. The van der Waals surface area contributed by atoms with Gasteiger partial charge < -0.3 is 0 Å². The van der Waals surface area contributed by atoms with Crippen molar-refractivity contribution < 1.29 is 4.79 Å². The van der Waals surface area contributed by atoms with Crippen LogP contribution in [-0.2, 0) is 0 Å². The van der Waals surface area contributed by atoms with Gasteiger partial charge in [0.2, 0.25) is 0 Å². The van der Waals surface area contributed by atoms with Crippen molar-refractivity contribution in [2.75, 3.05) is 0 Å². The molecule has 0 atom stereocenters. The first-order valence-electron chi connectivity index (χ1n) is 8.64. The number of nitrogens with one attached hydrogen (secondary N) is 2. The second-order valence-electron chi connectivity index (χ2n) is 5.95. The number of pyridine rings is 1. The largest absolute Gasteiger partial charge is 0.290 e. The molecule has 0 unspecified atom stereocenters. The number of benzene rings is 2. The Hall–Kier alpha value is -2.68. The Morgan fingerprint density at radius 3 is 2.23 bits per heavy atom. The Balaban J connectivity index is 0.000000196. The lowest BCUT2D eigenvalue weighted by Crippen LogP contribution is -2.29. The molecule has 11 heteroatoms. The lowest BCUT2D eigenvalue weighted by Gasteiger charge is -2.00. The fourth-order valence-electron chi connectivity index (χ4n) is 2.36. The summed E-state index contributed by atoms with van der Waals surface area (Å²) < 4.78 is 0. The molecule has 0 saturated carbocycles. The van der Waals surface area contributed by atoms with Crippen molar-refractivity contribution in [1.82, 2.24) is 25.6 Å². The van der Waals surface area contributed by atoms with Crippen LogP contribution in [0.1, 0.15) is 10.4 Å². The number of carbonyl (C=O) groups is 1. The van der Waals surface area contributed by atoms with E-state index in [4.69, 9.17) is 52.2 Å². The van der Waals surface area contributed by atoms with Gasteiger partial charge in [0.25, 0.3) is 5.91 Å². The quantitative estimate of drug-likeness (QED) is 0.199. The molecule has 0 aliphatic rings. The Morgan fingerprint density at radius 2 is 1.61 bits per heavy atom. The van der Waals surface area contributed by atoms with Crippen molar-refractivity contribution >= 4 is 52.3 Å². The van der Waals surface area contributed by atoms with Gasteiger partial charge in [-0.05, 0) is 48.5 Å². The second kappa shape index (κ2) is 10.6. The number of nitrogens with two attached hydrogens (primary N) is 1. The molecule has 0 bridgehead atoms. The van der Waals surface area contributed by atoms with Crippen LogP contribution in [0.15, 0.2) is 60.8 Å². The summed E-state index contributed by atoms with van der Waals surface area (Å²) in [5.74, 6) is 5.69. The second-order valence-corrected chi connectivity index (χ2v) is 7.58. The van der Waals surface area contributed by atoms with Gasteiger partial charge in [-0.25, -0.2) is 10.8 Å². The van der Waals surface area contributed by atoms with E-state index < -0.39 is 5.91 Å². The summed E-state index contributed by atoms with van der Waals surface area (Å²) in [6.45, 7) is 0. The number of aromatic nitrogens is 4. The van der Waals surface area contributed by atoms with Crippen molar-refractivity contribution in [1.29, 1.82) is 0 Å². The Labute approximate surface area is 197 Å². The number of nitrogen functional groups attached to an aromatic ring is 1. The van der Waals surface area contributed by atoms with E-state index in [0.29, 0.717) is 37.3 Å². The van der Waals surface area contributed by atoms with Gasteiger partial charge in [-0.1, -0.05) is 52.5 Å². The number of halogens is 4. The Bertz CT molecular complexity index is 1200. The Morgan fingerprint density at radius 1 is 0.903 bits per heavy atom. The molecule has 2 aromatic carbocycles. The molecule has 2 aromatic heterocycles. The zero-order chi connectivity index (χ0) is 22.4. The summed E-state index contributed by atoms with van der Waals surface area (Å²) in [4.78, 5) is 19.5. The van der Waals surface area contributed by atoms with E-state index in [1.807, 2.05) is 29.7 Å². The van der Waals surface area contributed by atoms with E-state index in [0.717, 1.165) is 11.3 Å². The predicted molar refractivity (Wildman–Crippen MR) is 123 cm³/mol. The average Bonchev–Trinajstić information content (AvgIpc) is 3.28. The van der Waals surface area contributed by atoms with Crippen molar-refractivity contribution in [2.45, 2.75) is 0 Å². The van der Waals surface area contributed by atoms with Crippen LogP contribution >= 0.6 is 46.4 Å². The summed E-state index contributed by atoms with van der Waals surface area (Å²) >= 11 is 23.2. The molecule has 31 heavy (non-hydrogen) atoms. The summed E-state index contributed by atoms with van der Waals surface area (Å²) in [7, 11) is 0. The zero-order valence-corrected chi connectivity index (χ0v) is 18.6. The van der Waals surface area contributed by atoms with E-state index in [9.17, 15) is 4.79 Å². The molecule has 7 nitrogen and oxygen atoms in total. The smallest absolute Gasteiger partial charge is 0.265 e. The van der Waals surface area contributed by atoms with E-state index >= 15 is 0 Å². The minimum atomic E-state index is -0.395. The van der Waals surface area contributed by atoms with Crippen LogP contribution in [0.25, 0.3) is 22.9 Å². The first-order valence-corrected chi connectivity index (χ1v) is 10.2. The number of rotatable bonds is 3. The number of nitrogens with zero attached hydrogens (tertiary/aromatic N) is 3. The van der Waals surface area contributed by atoms with Crippen LogP contribution in [-0.4, -0.2) is 26.1 Å². The van der Waals surface area contributed by atoms with Gasteiger partial charge in [-0.3, -0.25) is 20.3 Å². The molecular formula is C20H14Cl4N6O. The van der Waals surface area contributed by atoms with Crippen molar-refractivity contribution in [2.24, 2.45) is 5.84 Å². The normalized spacial score (nSPS) is 10.2. The van der Waals surface area contributed by atoms with Gasteiger partial charge in [0, 0.05) is 17.3 Å². The molecule has 2 heterocycles. The minimum absolute atomic E-state index is 0.331. The number of hydrogen-bond donors (Lipinski definition) is 3. The lowest BCUT2D eigenvalue weighted by molar-refractivity contribution is 0.0953. The van der Waals surface area contributed by atoms with Gasteiger partial charge >= 0.3 is 0 Å². The third-order valence-electron chi connectivity index (χ3n) is 3.88. The maximum Gasteiger partial charge on any atom is 0.265 e. The van der Waals surface area contributed by atoms with Crippen LogP contribution in [0.5, 0.6) is 0 Å². The third-order valence-corrected chi connectivity index (χ3v) is 5.36. The van der Waals surface area contributed by atoms with Crippen LogP contribution < -0.4 is 11.3 Å². The molecule has 1 amide bonds. The molecule has 158 valence electrons. The molecule has 0 fully saturated rings. The number of aromatic amines is 1. The maximum absolute atomic E-state index is 10.9. The number of hydrazine groups is 1. The predicted octanol–water partition coefficient (Wildman–Crippen LogP) is 5.44. The number of carbonyl (C=O) groups excluding carboxylic acids is 1. The number of hydrogen-bond acceptors (Lipinski definition) is 5. The topological polar surface area (TPSA) is 110 Å². The number of H-pyrrole nitrogens is 1. The zero-order valence-electron chi connectivity index (χ0n) is 15.6. The van der Waals surface area contributed by atoms with E-state index in [1.54, 1.807) is 18.3 Å². The van der Waals surface area contributed by atoms with Gasteiger partial charge in [0.1, 0.15) is 5.69 Å². The van der Waals surface area contributed by atoms with Crippen molar-refractivity contribution in [3.8, 4) is 22.9 Å². The van der Waals surface area contributed by atoms with Gasteiger partial charge in [0.05, 0.1) is 20.1 Å². The molecular weight excluding hydrogens is 482 g/mol. The molecule has 4 rings (SSSR count). The number of amides is 1. The lowest BCUT2D eigenvalue weighted by atomic mass is 10.2. The average molecular weight is 496 g/mol. The summed E-state index contributed by atoms with van der Waals surface area (Å²) in [5, 5.41) is 8.73. The van der Waals surface area contributed by atoms with Gasteiger partial charge in [-0.2, -0.15) is 5.10 Å². The highest BCUT2D eigenvalue weighted by Crippen LogP contribution is 2.27. The van der Waals surface area contributed by atoms with E-state index in [2.05, 4.69) is 20.2 Å². The molecule has 0 aliphatic heterocycles. The van der Waals surface area contributed by atoms with Crippen LogP contribution in [0.4, 0.5) is 0 Å². The first-order chi connectivity index (χ1) is 14.9. The van der Waals surface area contributed by atoms with Gasteiger partial charge in [0.15, 0.2) is 11.6 Å². The minimum Gasteiger partial charge on any atom is -0.290 e. The van der Waals surface area contributed by atoms with E-state index in [-0.39, 0.29) is 0 Å². The molecule has 0 saturated heterocycles. The maximum atomic E-state index is 10.9. The molecule has 4 aromatic rings. The molecule has 4 N–H and O–H groups in total. The summed E-state index contributed by atoms with van der Waals surface area (Å²) in [6, 6.07) is 15.4.